The van der Waals surface area contributed by atoms with Gasteiger partial charge in [0.15, 0.2) is 0 Å². The summed E-state index contributed by atoms with van der Waals surface area (Å²) in [6.07, 6.45) is 0.533. The van der Waals surface area contributed by atoms with E-state index in [1.165, 1.54) is 5.56 Å². The van der Waals surface area contributed by atoms with E-state index in [0.29, 0.717) is 17.9 Å². The van der Waals surface area contributed by atoms with Gasteiger partial charge in [-0.1, -0.05) is 35.0 Å². The smallest absolute Gasteiger partial charge is 0.262 e. The Hall–Kier alpha value is -3.22. The van der Waals surface area contributed by atoms with Crippen LogP contribution in [-0.2, 0) is 11.2 Å². The Morgan fingerprint density at radius 1 is 1.10 bits per heavy atom. The van der Waals surface area contributed by atoms with E-state index in [0.717, 1.165) is 11.3 Å². The van der Waals surface area contributed by atoms with Gasteiger partial charge in [0.05, 0.1) is 11.6 Å². The Morgan fingerprint density at radius 3 is 2.47 bits per heavy atom. The van der Waals surface area contributed by atoms with Gasteiger partial charge in [-0.05, 0) is 52.3 Å². The number of benzene rings is 1. The molecular weight excluding hydrogens is 380 g/mol. The highest BCUT2D eigenvalue weighted by Gasteiger charge is 2.17. The Kier molecular flexibility index (Phi) is 6.50. The van der Waals surface area contributed by atoms with Crippen molar-refractivity contribution in [2.75, 3.05) is 0 Å². The summed E-state index contributed by atoms with van der Waals surface area (Å²) in [7, 11) is 0. The third-order valence-corrected chi connectivity index (χ3v) is 5.07. The lowest BCUT2D eigenvalue weighted by molar-refractivity contribution is -0.121. The topological polar surface area (TPSA) is 90.0 Å². The van der Waals surface area contributed by atoms with Gasteiger partial charge in [-0.3, -0.25) is 9.59 Å². The molecule has 0 aliphatic heterocycles. The SMILES string of the molecule is Cc1ccc([C@@H](C)NC(=O)CCc2nc(-c3ccc(C)n(C(C)C)c3=O)no2)cc1. The van der Waals surface area contributed by atoms with Crippen molar-refractivity contribution < 1.29 is 9.32 Å². The minimum absolute atomic E-state index is 0.0306. The van der Waals surface area contributed by atoms with Gasteiger partial charge in [0.1, 0.15) is 0 Å². The average Bonchev–Trinajstić information content (AvgIpc) is 3.15. The quantitative estimate of drug-likeness (QED) is 0.640. The molecule has 30 heavy (non-hydrogen) atoms. The number of amides is 1. The summed E-state index contributed by atoms with van der Waals surface area (Å²) in [6, 6.07) is 11.6. The van der Waals surface area contributed by atoms with Gasteiger partial charge in [-0.25, -0.2) is 0 Å². The van der Waals surface area contributed by atoms with Crippen molar-refractivity contribution in [1.82, 2.24) is 20.0 Å². The summed E-state index contributed by atoms with van der Waals surface area (Å²) in [4.78, 5) is 29.4. The highest BCUT2D eigenvalue weighted by Crippen LogP contribution is 2.16. The molecule has 1 amide bonds. The van der Waals surface area contributed by atoms with E-state index in [-0.39, 0.29) is 35.8 Å². The maximum atomic E-state index is 12.8. The van der Waals surface area contributed by atoms with Crippen LogP contribution < -0.4 is 10.9 Å². The van der Waals surface area contributed by atoms with Crippen molar-refractivity contribution in [3.05, 3.63) is 69.5 Å². The Bertz CT molecular complexity index is 1080. The minimum Gasteiger partial charge on any atom is -0.350 e. The van der Waals surface area contributed by atoms with E-state index in [1.54, 1.807) is 10.6 Å². The number of carbonyl (C=O) groups is 1. The number of carbonyl (C=O) groups excluding carboxylic acids is 1. The fourth-order valence-corrected chi connectivity index (χ4v) is 3.40. The zero-order valence-electron chi connectivity index (χ0n) is 18.1. The summed E-state index contributed by atoms with van der Waals surface area (Å²) in [6.45, 7) is 9.78. The monoisotopic (exact) mass is 408 g/mol. The Balaban J connectivity index is 1.64. The van der Waals surface area contributed by atoms with Crippen LogP contribution in [-0.4, -0.2) is 20.6 Å². The lowest BCUT2D eigenvalue weighted by Gasteiger charge is -2.14. The second kappa shape index (κ2) is 9.07. The third kappa shape index (κ3) is 4.84. The van der Waals surface area contributed by atoms with Gasteiger partial charge in [0.25, 0.3) is 5.56 Å². The van der Waals surface area contributed by atoms with E-state index in [1.807, 2.05) is 65.0 Å². The summed E-state index contributed by atoms with van der Waals surface area (Å²) in [5.74, 6) is 0.484. The van der Waals surface area contributed by atoms with Crippen molar-refractivity contribution in [3.8, 4) is 11.4 Å². The molecule has 0 bridgehead atoms. The first-order valence-electron chi connectivity index (χ1n) is 10.2. The molecule has 7 nitrogen and oxygen atoms in total. The molecule has 0 saturated carbocycles. The van der Waals surface area contributed by atoms with Crippen LogP contribution in [0.4, 0.5) is 0 Å². The number of hydrogen-bond donors (Lipinski definition) is 1. The number of rotatable bonds is 7. The summed E-state index contributed by atoms with van der Waals surface area (Å²) in [5.41, 5.74) is 3.35. The summed E-state index contributed by atoms with van der Waals surface area (Å²) in [5, 5.41) is 6.92. The van der Waals surface area contributed by atoms with Crippen LogP contribution in [0.3, 0.4) is 0 Å². The van der Waals surface area contributed by atoms with Crippen molar-refractivity contribution in [1.29, 1.82) is 0 Å². The molecule has 0 spiro atoms. The van der Waals surface area contributed by atoms with Crippen molar-refractivity contribution >= 4 is 5.91 Å². The van der Waals surface area contributed by atoms with Crippen LogP contribution in [0.2, 0.25) is 0 Å². The molecule has 2 aromatic heterocycles. The molecule has 0 fully saturated rings. The molecule has 1 N–H and O–H groups in total. The van der Waals surface area contributed by atoms with Gasteiger partial charge in [-0.15, -0.1) is 0 Å². The number of nitrogens with one attached hydrogen (secondary N) is 1. The zero-order valence-corrected chi connectivity index (χ0v) is 18.1. The molecule has 158 valence electrons. The minimum atomic E-state index is -0.151. The van der Waals surface area contributed by atoms with Gasteiger partial charge < -0.3 is 14.4 Å². The van der Waals surface area contributed by atoms with Crippen molar-refractivity contribution in [3.63, 3.8) is 0 Å². The lowest BCUT2D eigenvalue weighted by atomic mass is 10.1. The number of hydrogen-bond acceptors (Lipinski definition) is 5. The third-order valence-electron chi connectivity index (χ3n) is 5.07. The van der Waals surface area contributed by atoms with Crippen LogP contribution in [0.1, 0.15) is 62.0 Å². The second-order valence-electron chi connectivity index (χ2n) is 7.87. The molecule has 0 radical (unpaired) electrons. The standard InChI is InChI=1S/C23H28N4O3/c1-14(2)27-16(4)8-11-19(23(27)29)22-25-21(30-26-22)13-12-20(28)24-17(5)18-9-6-15(3)7-10-18/h6-11,14,17H,12-13H2,1-5H3,(H,24,28)/t17-/m1/s1. The van der Waals surface area contributed by atoms with E-state index in [9.17, 15) is 9.59 Å². The fraction of sp³-hybridized carbons (Fsp3) is 0.391. The number of nitrogens with zero attached hydrogens (tertiary/aromatic N) is 3. The molecule has 0 aliphatic rings. The number of pyridine rings is 1. The first-order chi connectivity index (χ1) is 14.3. The van der Waals surface area contributed by atoms with Crippen LogP contribution in [0, 0.1) is 13.8 Å². The zero-order chi connectivity index (χ0) is 21.8. The number of aryl methyl sites for hydroxylation is 3. The molecule has 3 aromatic rings. The highest BCUT2D eigenvalue weighted by molar-refractivity contribution is 5.76. The average molecular weight is 409 g/mol. The predicted molar refractivity (Wildman–Crippen MR) is 115 cm³/mol. The van der Waals surface area contributed by atoms with Crippen molar-refractivity contribution in [2.45, 2.75) is 59.5 Å². The molecule has 1 atom stereocenters. The summed E-state index contributed by atoms with van der Waals surface area (Å²) >= 11 is 0. The normalized spacial score (nSPS) is 12.2. The maximum Gasteiger partial charge on any atom is 0.262 e. The Morgan fingerprint density at radius 2 is 1.80 bits per heavy atom. The highest BCUT2D eigenvalue weighted by atomic mass is 16.5. The summed E-state index contributed by atoms with van der Waals surface area (Å²) < 4.78 is 6.97. The molecule has 0 unspecified atom stereocenters. The molecule has 7 heteroatoms. The Labute approximate surface area is 176 Å². The number of aromatic nitrogens is 3. The van der Waals surface area contributed by atoms with E-state index < -0.39 is 0 Å². The van der Waals surface area contributed by atoms with Crippen LogP contribution >= 0.6 is 0 Å². The van der Waals surface area contributed by atoms with Crippen LogP contribution in [0.15, 0.2) is 45.7 Å². The van der Waals surface area contributed by atoms with Gasteiger partial charge >= 0.3 is 0 Å². The first-order valence-corrected chi connectivity index (χ1v) is 10.2. The second-order valence-corrected chi connectivity index (χ2v) is 7.87. The molecule has 1 aromatic carbocycles. The van der Waals surface area contributed by atoms with E-state index >= 15 is 0 Å². The van der Waals surface area contributed by atoms with Crippen molar-refractivity contribution in [2.24, 2.45) is 0 Å². The van der Waals surface area contributed by atoms with Gasteiger partial charge in [0, 0.05) is 24.6 Å². The lowest BCUT2D eigenvalue weighted by Crippen LogP contribution is -2.26. The molecule has 2 heterocycles. The largest absolute Gasteiger partial charge is 0.350 e. The molecular formula is C23H28N4O3. The van der Waals surface area contributed by atoms with Crippen LogP contribution in [0.25, 0.3) is 11.4 Å². The van der Waals surface area contributed by atoms with Crippen LogP contribution in [0.5, 0.6) is 0 Å². The van der Waals surface area contributed by atoms with Gasteiger partial charge in [0.2, 0.25) is 17.6 Å². The molecule has 0 aliphatic carbocycles. The van der Waals surface area contributed by atoms with Gasteiger partial charge in [-0.2, -0.15) is 4.98 Å². The predicted octanol–water partition coefficient (Wildman–Crippen LogP) is 3.91. The fourth-order valence-electron chi connectivity index (χ4n) is 3.40. The van der Waals surface area contributed by atoms with E-state index in [2.05, 4.69) is 15.5 Å². The molecule has 0 saturated heterocycles. The first kappa shape index (κ1) is 21.5. The van der Waals surface area contributed by atoms with E-state index in [4.69, 9.17) is 4.52 Å². The maximum absolute atomic E-state index is 12.8. The molecule has 3 rings (SSSR count).